The van der Waals surface area contributed by atoms with Crippen molar-refractivity contribution in [3.63, 3.8) is 0 Å². The number of carbonyl (C=O) groups excluding carboxylic acids is 1. The van der Waals surface area contributed by atoms with Crippen LogP contribution in [0.15, 0.2) is 72.9 Å². The van der Waals surface area contributed by atoms with Crippen molar-refractivity contribution >= 4 is 13.7 Å². The Kier molecular flexibility index (Phi) is 41.0. The van der Waals surface area contributed by atoms with Gasteiger partial charge in [-0.1, -0.05) is 189 Å². The van der Waals surface area contributed by atoms with Crippen molar-refractivity contribution in [3.05, 3.63) is 72.9 Å². The fraction of sp³-hybridized carbons (Fsp3) is 0.723. The highest BCUT2D eigenvalue weighted by atomic mass is 31.2. The molecule has 0 aromatic rings. The largest absolute Gasteiger partial charge is 0.472 e. The summed E-state index contributed by atoms with van der Waals surface area (Å²) in [6.45, 7) is 4.05. The maximum Gasteiger partial charge on any atom is 0.472 e. The van der Waals surface area contributed by atoms with E-state index in [-0.39, 0.29) is 25.7 Å². The quantitative estimate of drug-likeness (QED) is 0.0275. The van der Waals surface area contributed by atoms with Crippen LogP contribution in [0.25, 0.3) is 0 Å². The molecule has 8 nitrogen and oxygen atoms in total. The van der Waals surface area contributed by atoms with Crippen LogP contribution in [-0.4, -0.2) is 47.8 Å². The van der Waals surface area contributed by atoms with Gasteiger partial charge in [0, 0.05) is 13.0 Å². The second-order valence-corrected chi connectivity index (χ2v) is 16.3. The fourth-order valence-electron chi connectivity index (χ4n) is 6.20. The van der Waals surface area contributed by atoms with Crippen molar-refractivity contribution in [2.75, 3.05) is 19.8 Å². The van der Waals surface area contributed by atoms with Gasteiger partial charge in [0.05, 0.1) is 25.4 Å². The minimum Gasteiger partial charge on any atom is -0.391 e. The highest BCUT2D eigenvalue weighted by molar-refractivity contribution is 7.47. The van der Waals surface area contributed by atoms with Crippen molar-refractivity contribution in [1.29, 1.82) is 0 Å². The molecule has 5 N–H and O–H groups in total. The summed E-state index contributed by atoms with van der Waals surface area (Å²) in [5.74, 6) is -0.206. The summed E-state index contributed by atoms with van der Waals surface area (Å²) in [7, 11) is -4.33. The molecule has 3 unspecified atom stereocenters. The van der Waals surface area contributed by atoms with Gasteiger partial charge in [0.15, 0.2) is 0 Å². The maximum absolute atomic E-state index is 12.8. The molecule has 0 aliphatic heterocycles. The van der Waals surface area contributed by atoms with Gasteiger partial charge >= 0.3 is 7.82 Å². The second kappa shape index (κ2) is 42.5. The summed E-state index contributed by atoms with van der Waals surface area (Å²) in [5.41, 5.74) is 5.38. The molecular formula is C47H85N2O6P. The average molecular weight is 805 g/mol. The second-order valence-electron chi connectivity index (χ2n) is 14.9. The summed E-state index contributed by atoms with van der Waals surface area (Å²) in [6, 6.07) is -0.802. The normalized spacial score (nSPS) is 14.7. The van der Waals surface area contributed by atoms with Crippen LogP contribution in [0, 0.1) is 0 Å². The smallest absolute Gasteiger partial charge is 0.391 e. The third-order valence-corrected chi connectivity index (χ3v) is 10.6. The monoisotopic (exact) mass is 805 g/mol. The summed E-state index contributed by atoms with van der Waals surface area (Å²) in [5, 5.41) is 13.8. The number of nitrogens with one attached hydrogen (secondary N) is 1. The summed E-state index contributed by atoms with van der Waals surface area (Å²) < 4.78 is 22.2. The van der Waals surface area contributed by atoms with Gasteiger partial charge in [0.1, 0.15) is 0 Å². The van der Waals surface area contributed by atoms with Crippen molar-refractivity contribution in [3.8, 4) is 0 Å². The number of aliphatic hydroxyl groups excluding tert-OH is 1. The van der Waals surface area contributed by atoms with Crippen LogP contribution >= 0.6 is 7.82 Å². The molecular weight excluding hydrogens is 719 g/mol. The van der Waals surface area contributed by atoms with E-state index >= 15 is 0 Å². The van der Waals surface area contributed by atoms with E-state index in [0.717, 1.165) is 70.6 Å². The Morgan fingerprint density at radius 1 is 0.607 bits per heavy atom. The minimum atomic E-state index is -4.33. The number of phosphoric acid groups is 1. The molecule has 9 heteroatoms. The van der Waals surface area contributed by atoms with Gasteiger partial charge in [-0.2, -0.15) is 0 Å². The van der Waals surface area contributed by atoms with E-state index in [9.17, 15) is 19.4 Å². The first-order chi connectivity index (χ1) is 27.4. The van der Waals surface area contributed by atoms with Crippen LogP contribution in [0.2, 0.25) is 0 Å². The van der Waals surface area contributed by atoms with E-state index in [1.165, 1.54) is 83.5 Å². The lowest BCUT2D eigenvalue weighted by molar-refractivity contribution is -0.123. The molecule has 0 fully saturated rings. The van der Waals surface area contributed by atoms with Gasteiger partial charge in [-0.15, -0.1) is 0 Å². The van der Waals surface area contributed by atoms with E-state index in [2.05, 4.69) is 92.1 Å². The number of hydrogen-bond acceptors (Lipinski definition) is 6. The Morgan fingerprint density at radius 3 is 1.48 bits per heavy atom. The molecule has 0 aromatic carbocycles. The molecule has 0 rings (SSSR count). The van der Waals surface area contributed by atoms with Gasteiger partial charge in [-0.25, -0.2) is 4.57 Å². The molecule has 0 aliphatic rings. The van der Waals surface area contributed by atoms with E-state index in [4.69, 9.17) is 14.8 Å². The first-order valence-corrected chi connectivity index (χ1v) is 24.0. The minimum absolute atomic E-state index is 0.0779. The molecule has 0 saturated heterocycles. The Morgan fingerprint density at radius 2 is 1.04 bits per heavy atom. The van der Waals surface area contributed by atoms with E-state index < -0.39 is 20.0 Å². The first-order valence-electron chi connectivity index (χ1n) is 22.6. The van der Waals surface area contributed by atoms with Crippen LogP contribution < -0.4 is 11.1 Å². The van der Waals surface area contributed by atoms with Crippen molar-refractivity contribution in [1.82, 2.24) is 5.32 Å². The van der Waals surface area contributed by atoms with Gasteiger partial charge in [0.2, 0.25) is 5.91 Å². The number of nitrogens with two attached hydrogens (primary N) is 1. The standard InChI is InChI=1S/C47H85N2O6P/c1-3-5-7-9-11-13-15-17-19-21-22-23-24-25-27-29-31-33-35-37-39-41-47(51)49-45(44-55-56(52,53)54-43-42-48)46(50)40-38-36-34-32-30-28-26-20-18-16-14-12-10-8-6-4-2/h5,7,11,13,17,19,22-23,25,27,31,33,45-46,50H,3-4,6,8-10,12,14-16,18,20-21,24,26,28-30,32,34-44,48H2,1-2H3,(H,49,51)(H,52,53)/b7-5-,13-11-,19-17-,23-22-,27-25-,33-31-. The Balaban J connectivity index is 4.26. The molecule has 0 heterocycles. The average Bonchev–Trinajstić information content (AvgIpc) is 3.19. The van der Waals surface area contributed by atoms with Gasteiger partial charge in [-0.05, 0) is 64.2 Å². The molecule has 3 atom stereocenters. The number of amides is 1. The molecule has 0 aromatic heterocycles. The highest BCUT2D eigenvalue weighted by Gasteiger charge is 2.27. The number of rotatable bonds is 41. The van der Waals surface area contributed by atoms with Gasteiger partial charge in [0.25, 0.3) is 0 Å². The maximum atomic E-state index is 12.8. The van der Waals surface area contributed by atoms with Crippen LogP contribution in [0.3, 0.4) is 0 Å². The van der Waals surface area contributed by atoms with Crippen LogP contribution in [-0.2, 0) is 18.4 Å². The number of allylic oxidation sites excluding steroid dienone is 12. The van der Waals surface area contributed by atoms with Crippen molar-refractivity contribution < 1.29 is 28.4 Å². The SMILES string of the molecule is CC/C=C\C/C=C\C/C=C\C/C=C\C/C=C\C/C=C\CCCCC(=O)NC(COP(=O)(O)OCCN)C(O)CCCCCCCCCCCCCCCCCC. The Labute approximate surface area is 344 Å². The summed E-state index contributed by atoms with van der Waals surface area (Å²) in [6.07, 6.45) is 54.8. The summed E-state index contributed by atoms with van der Waals surface area (Å²) >= 11 is 0. The number of phosphoric ester groups is 1. The lowest BCUT2D eigenvalue weighted by Gasteiger charge is -2.25. The van der Waals surface area contributed by atoms with E-state index in [1.807, 2.05) is 0 Å². The predicted molar refractivity (Wildman–Crippen MR) is 240 cm³/mol. The molecule has 0 aliphatic carbocycles. The topological polar surface area (TPSA) is 131 Å². The number of hydrogen-bond donors (Lipinski definition) is 4. The molecule has 1 amide bonds. The van der Waals surface area contributed by atoms with Crippen LogP contribution in [0.4, 0.5) is 0 Å². The number of aliphatic hydroxyl groups is 1. The van der Waals surface area contributed by atoms with Crippen LogP contribution in [0.1, 0.15) is 187 Å². The highest BCUT2D eigenvalue weighted by Crippen LogP contribution is 2.43. The molecule has 0 spiro atoms. The van der Waals surface area contributed by atoms with E-state index in [0.29, 0.717) is 19.3 Å². The zero-order valence-electron chi connectivity index (χ0n) is 35.8. The van der Waals surface area contributed by atoms with Crippen LogP contribution in [0.5, 0.6) is 0 Å². The van der Waals surface area contributed by atoms with Crippen molar-refractivity contribution in [2.24, 2.45) is 5.73 Å². The zero-order chi connectivity index (χ0) is 41.1. The lowest BCUT2D eigenvalue weighted by Crippen LogP contribution is -2.46. The van der Waals surface area contributed by atoms with E-state index in [1.54, 1.807) is 0 Å². The third-order valence-electron chi connectivity index (χ3n) is 9.57. The lowest BCUT2D eigenvalue weighted by atomic mass is 10.0. The molecule has 0 radical (unpaired) electrons. The predicted octanol–water partition coefficient (Wildman–Crippen LogP) is 12.8. The molecule has 0 saturated carbocycles. The summed E-state index contributed by atoms with van der Waals surface area (Å²) in [4.78, 5) is 22.7. The first kappa shape index (κ1) is 53.9. The Bertz CT molecular complexity index is 1100. The van der Waals surface area contributed by atoms with Gasteiger partial charge in [-0.3, -0.25) is 13.8 Å². The van der Waals surface area contributed by atoms with Gasteiger partial charge < -0.3 is 21.1 Å². The Hall–Kier alpha value is -2.06. The zero-order valence-corrected chi connectivity index (χ0v) is 36.7. The molecule has 56 heavy (non-hydrogen) atoms. The molecule has 324 valence electrons. The third kappa shape index (κ3) is 40.1. The van der Waals surface area contributed by atoms with Crippen molar-refractivity contribution in [2.45, 2.75) is 199 Å². The number of unbranched alkanes of at least 4 members (excludes halogenated alkanes) is 17. The fourth-order valence-corrected chi connectivity index (χ4v) is 6.96. The molecule has 0 bridgehead atoms. The number of carbonyl (C=O) groups is 1.